The van der Waals surface area contributed by atoms with Crippen LogP contribution in [0.1, 0.15) is 31.7 Å². The third-order valence-electron chi connectivity index (χ3n) is 3.27. The van der Waals surface area contributed by atoms with Gasteiger partial charge in [-0.1, -0.05) is 6.07 Å². The van der Waals surface area contributed by atoms with Crippen LogP contribution in [0.15, 0.2) is 18.2 Å². The lowest BCUT2D eigenvalue weighted by molar-refractivity contribution is 0.501. The molecule has 0 amide bonds. The lowest BCUT2D eigenvalue weighted by Crippen LogP contribution is -2.27. The van der Waals surface area contributed by atoms with Gasteiger partial charge in [0.2, 0.25) is 0 Å². The highest BCUT2D eigenvalue weighted by Gasteiger charge is 2.20. The summed E-state index contributed by atoms with van der Waals surface area (Å²) in [5, 5.41) is 3.42. The lowest BCUT2D eigenvalue weighted by Gasteiger charge is -2.12. The van der Waals surface area contributed by atoms with E-state index in [1.54, 1.807) is 0 Å². The van der Waals surface area contributed by atoms with Crippen LogP contribution in [0.3, 0.4) is 0 Å². The fourth-order valence-corrected chi connectivity index (χ4v) is 2.34. The SMILES string of the molecule is C[C@@H]1CC[C@H](CCc2c(F)cccc2F)N1. The van der Waals surface area contributed by atoms with Gasteiger partial charge < -0.3 is 5.32 Å². The third-order valence-corrected chi connectivity index (χ3v) is 3.27. The van der Waals surface area contributed by atoms with Gasteiger partial charge in [-0.05, 0) is 44.7 Å². The minimum Gasteiger partial charge on any atom is -0.311 e. The fourth-order valence-electron chi connectivity index (χ4n) is 2.34. The molecule has 0 spiro atoms. The molecule has 0 aromatic heterocycles. The zero-order chi connectivity index (χ0) is 11.5. The van der Waals surface area contributed by atoms with E-state index in [0.29, 0.717) is 18.5 Å². The summed E-state index contributed by atoms with van der Waals surface area (Å²) >= 11 is 0. The van der Waals surface area contributed by atoms with E-state index in [4.69, 9.17) is 0 Å². The number of benzene rings is 1. The van der Waals surface area contributed by atoms with Crippen molar-refractivity contribution in [1.29, 1.82) is 0 Å². The average molecular weight is 225 g/mol. The van der Waals surface area contributed by atoms with Gasteiger partial charge in [0.1, 0.15) is 11.6 Å². The van der Waals surface area contributed by atoms with Gasteiger partial charge in [0, 0.05) is 17.6 Å². The molecule has 0 unspecified atom stereocenters. The zero-order valence-corrected chi connectivity index (χ0v) is 9.47. The first-order chi connectivity index (χ1) is 7.66. The second-order valence-corrected chi connectivity index (χ2v) is 4.58. The Morgan fingerprint density at radius 1 is 1.25 bits per heavy atom. The van der Waals surface area contributed by atoms with Gasteiger partial charge in [-0.15, -0.1) is 0 Å². The molecular formula is C13H17F2N. The maximum Gasteiger partial charge on any atom is 0.129 e. The Morgan fingerprint density at radius 2 is 1.94 bits per heavy atom. The molecule has 1 heterocycles. The molecule has 88 valence electrons. The van der Waals surface area contributed by atoms with E-state index >= 15 is 0 Å². The number of hydrogen-bond acceptors (Lipinski definition) is 1. The Morgan fingerprint density at radius 3 is 2.50 bits per heavy atom. The second kappa shape index (κ2) is 4.91. The number of rotatable bonds is 3. The summed E-state index contributed by atoms with van der Waals surface area (Å²) < 4.78 is 26.7. The van der Waals surface area contributed by atoms with Crippen LogP contribution >= 0.6 is 0 Å². The van der Waals surface area contributed by atoms with Crippen molar-refractivity contribution in [2.45, 2.75) is 44.7 Å². The minimum absolute atomic E-state index is 0.226. The molecule has 1 N–H and O–H groups in total. The molecule has 1 aliphatic heterocycles. The largest absolute Gasteiger partial charge is 0.311 e. The number of halogens is 2. The van der Waals surface area contributed by atoms with Crippen molar-refractivity contribution < 1.29 is 8.78 Å². The van der Waals surface area contributed by atoms with Crippen molar-refractivity contribution in [2.24, 2.45) is 0 Å². The zero-order valence-electron chi connectivity index (χ0n) is 9.47. The molecule has 16 heavy (non-hydrogen) atoms. The molecule has 0 radical (unpaired) electrons. The molecular weight excluding hydrogens is 208 g/mol. The average Bonchev–Trinajstić information content (AvgIpc) is 2.63. The quantitative estimate of drug-likeness (QED) is 0.833. The van der Waals surface area contributed by atoms with Gasteiger partial charge in [0.25, 0.3) is 0 Å². The summed E-state index contributed by atoms with van der Waals surface area (Å²) in [5.41, 5.74) is 0.226. The Hall–Kier alpha value is -0.960. The topological polar surface area (TPSA) is 12.0 Å². The van der Waals surface area contributed by atoms with Gasteiger partial charge in [-0.3, -0.25) is 0 Å². The smallest absolute Gasteiger partial charge is 0.129 e. The molecule has 3 heteroatoms. The molecule has 2 rings (SSSR count). The van der Waals surface area contributed by atoms with E-state index in [9.17, 15) is 8.78 Å². The highest BCUT2D eigenvalue weighted by molar-refractivity contribution is 5.19. The molecule has 1 aromatic rings. The van der Waals surface area contributed by atoms with Crippen molar-refractivity contribution in [2.75, 3.05) is 0 Å². The molecule has 0 saturated carbocycles. The van der Waals surface area contributed by atoms with Crippen molar-refractivity contribution in [3.63, 3.8) is 0 Å². The maximum atomic E-state index is 13.3. The number of nitrogens with one attached hydrogen (secondary N) is 1. The summed E-state index contributed by atoms with van der Waals surface area (Å²) in [6.45, 7) is 2.14. The summed E-state index contributed by atoms with van der Waals surface area (Å²) in [7, 11) is 0. The maximum absolute atomic E-state index is 13.3. The standard InChI is InChI=1S/C13H17F2N/c1-9-5-6-10(16-9)7-8-11-12(14)3-2-4-13(11)15/h2-4,9-10,16H,5-8H2,1H3/t9-,10-/m1/s1. The van der Waals surface area contributed by atoms with Crippen LogP contribution in [0, 0.1) is 11.6 Å². The predicted octanol–water partition coefficient (Wildman–Crippen LogP) is 3.04. The molecule has 2 atom stereocenters. The van der Waals surface area contributed by atoms with Crippen molar-refractivity contribution in [3.8, 4) is 0 Å². The summed E-state index contributed by atoms with van der Waals surface area (Å²) in [4.78, 5) is 0. The highest BCUT2D eigenvalue weighted by Crippen LogP contribution is 2.19. The van der Waals surface area contributed by atoms with Crippen LogP contribution in [-0.2, 0) is 6.42 Å². The number of hydrogen-bond donors (Lipinski definition) is 1. The van der Waals surface area contributed by atoms with E-state index in [1.165, 1.54) is 18.2 Å². The Labute approximate surface area is 94.9 Å². The van der Waals surface area contributed by atoms with Crippen LogP contribution < -0.4 is 5.32 Å². The predicted molar refractivity (Wildman–Crippen MR) is 60.3 cm³/mol. The normalized spacial score (nSPS) is 24.9. The first-order valence-corrected chi connectivity index (χ1v) is 5.85. The van der Waals surface area contributed by atoms with Gasteiger partial charge in [-0.25, -0.2) is 8.78 Å². The second-order valence-electron chi connectivity index (χ2n) is 4.58. The Kier molecular flexibility index (Phi) is 3.54. The monoisotopic (exact) mass is 225 g/mol. The summed E-state index contributed by atoms with van der Waals surface area (Å²) in [6.07, 6.45) is 3.55. The van der Waals surface area contributed by atoms with Crippen LogP contribution in [0.5, 0.6) is 0 Å². The molecule has 1 aromatic carbocycles. The van der Waals surface area contributed by atoms with Crippen LogP contribution in [-0.4, -0.2) is 12.1 Å². The summed E-state index contributed by atoms with van der Waals surface area (Å²) in [6, 6.07) is 5.00. The van der Waals surface area contributed by atoms with Crippen molar-refractivity contribution >= 4 is 0 Å². The van der Waals surface area contributed by atoms with Gasteiger partial charge in [0.15, 0.2) is 0 Å². The van der Waals surface area contributed by atoms with E-state index in [-0.39, 0.29) is 5.56 Å². The fraction of sp³-hybridized carbons (Fsp3) is 0.538. The van der Waals surface area contributed by atoms with Crippen molar-refractivity contribution in [1.82, 2.24) is 5.32 Å². The molecule has 1 aliphatic rings. The summed E-state index contributed by atoms with van der Waals surface area (Å²) in [5.74, 6) is -0.850. The van der Waals surface area contributed by atoms with Crippen LogP contribution in [0.25, 0.3) is 0 Å². The molecule has 1 saturated heterocycles. The minimum atomic E-state index is -0.425. The van der Waals surface area contributed by atoms with E-state index < -0.39 is 11.6 Å². The van der Waals surface area contributed by atoms with Crippen LogP contribution in [0.2, 0.25) is 0 Å². The van der Waals surface area contributed by atoms with Crippen molar-refractivity contribution in [3.05, 3.63) is 35.4 Å². The van der Waals surface area contributed by atoms with Gasteiger partial charge >= 0.3 is 0 Å². The Balaban J connectivity index is 1.94. The highest BCUT2D eigenvalue weighted by atomic mass is 19.1. The first-order valence-electron chi connectivity index (χ1n) is 5.85. The van der Waals surface area contributed by atoms with E-state index in [2.05, 4.69) is 12.2 Å². The third kappa shape index (κ3) is 2.59. The molecule has 0 aliphatic carbocycles. The van der Waals surface area contributed by atoms with E-state index in [0.717, 1.165) is 19.3 Å². The first kappa shape index (κ1) is 11.5. The van der Waals surface area contributed by atoms with Crippen LogP contribution in [0.4, 0.5) is 8.78 Å². The van der Waals surface area contributed by atoms with Gasteiger partial charge in [-0.2, -0.15) is 0 Å². The lowest BCUT2D eigenvalue weighted by atomic mass is 10.0. The molecule has 1 nitrogen and oxygen atoms in total. The van der Waals surface area contributed by atoms with E-state index in [1.807, 2.05) is 0 Å². The van der Waals surface area contributed by atoms with Gasteiger partial charge in [0.05, 0.1) is 0 Å². The molecule has 0 bridgehead atoms. The Bertz CT molecular complexity index is 345. The molecule has 1 fully saturated rings.